The Bertz CT molecular complexity index is 657. The molecule has 2 amide bonds. The van der Waals surface area contributed by atoms with Gasteiger partial charge in [-0.25, -0.2) is 9.59 Å². The number of alkyl halides is 1. The fourth-order valence-electron chi connectivity index (χ4n) is 1.65. The number of nitrogens with one attached hydrogen (secondary N) is 2. The molecule has 2 aromatic carbocycles. The van der Waals surface area contributed by atoms with E-state index >= 15 is 0 Å². The maximum Gasteiger partial charge on any atom is 0.339 e. The van der Waals surface area contributed by atoms with E-state index in [9.17, 15) is 9.59 Å². The molecule has 0 bridgehead atoms. The molecule has 22 heavy (non-hydrogen) atoms. The van der Waals surface area contributed by atoms with Crippen LogP contribution < -0.4 is 10.6 Å². The number of amides is 2. The highest BCUT2D eigenvalue weighted by atomic mass is 35.5. The van der Waals surface area contributed by atoms with Crippen LogP contribution in [0.3, 0.4) is 0 Å². The van der Waals surface area contributed by atoms with Crippen LogP contribution in [-0.2, 0) is 4.74 Å². The molecule has 0 aliphatic rings. The molecule has 5 nitrogen and oxygen atoms in total. The van der Waals surface area contributed by atoms with Crippen molar-refractivity contribution in [3.63, 3.8) is 0 Å². The first-order valence-electron chi connectivity index (χ1n) is 6.25. The molecule has 0 heterocycles. The molecule has 0 aliphatic heterocycles. The molecule has 0 aliphatic carbocycles. The molecule has 0 saturated carbocycles. The van der Waals surface area contributed by atoms with Crippen molar-refractivity contribution >= 4 is 46.6 Å². The third-order valence-corrected chi connectivity index (χ3v) is 3.03. The highest BCUT2D eigenvalue weighted by molar-refractivity contribution is 6.30. The molecule has 2 N–H and O–H groups in total. The lowest BCUT2D eigenvalue weighted by Crippen LogP contribution is -2.19. The Morgan fingerprint density at radius 3 is 1.91 bits per heavy atom. The predicted molar refractivity (Wildman–Crippen MR) is 86.7 cm³/mol. The molecule has 0 unspecified atom stereocenters. The quantitative estimate of drug-likeness (QED) is 0.643. The average Bonchev–Trinajstić information content (AvgIpc) is 2.50. The lowest BCUT2D eigenvalue weighted by molar-refractivity contribution is 0.0574. The van der Waals surface area contributed by atoms with Gasteiger partial charge < -0.3 is 15.4 Å². The fraction of sp³-hybridized carbons (Fsp3) is 0.0667. The maximum absolute atomic E-state index is 11.8. The summed E-state index contributed by atoms with van der Waals surface area (Å²) < 4.78 is 4.65. The van der Waals surface area contributed by atoms with Crippen LogP contribution in [0.25, 0.3) is 0 Å². The number of hydrogen-bond acceptors (Lipinski definition) is 3. The van der Waals surface area contributed by atoms with E-state index < -0.39 is 12.0 Å². The van der Waals surface area contributed by atoms with Crippen LogP contribution in [0.2, 0.25) is 5.02 Å². The Morgan fingerprint density at radius 2 is 1.41 bits per heavy atom. The van der Waals surface area contributed by atoms with Gasteiger partial charge in [0.25, 0.3) is 0 Å². The van der Waals surface area contributed by atoms with Gasteiger partial charge in [0, 0.05) is 16.4 Å². The SMILES string of the molecule is O=C(Nc1ccc(Cl)cc1)Nc1ccc(C(=O)OCCl)cc1. The van der Waals surface area contributed by atoms with Crippen LogP contribution in [0.15, 0.2) is 48.5 Å². The highest BCUT2D eigenvalue weighted by Crippen LogP contribution is 2.15. The normalized spacial score (nSPS) is 9.91. The lowest BCUT2D eigenvalue weighted by Gasteiger charge is -2.08. The number of carbonyl (C=O) groups excluding carboxylic acids is 2. The lowest BCUT2D eigenvalue weighted by atomic mass is 10.2. The molecule has 7 heteroatoms. The van der Waals surface area contributed by atoms with Gasteiger partial charge in [0.05, 0.1) is 5.56 Å². The second-order valence-corrected chi connectivity index (χ2v) is 4.86. The summed E-state index contributed by atoms with van der Waals surface area (Å²) in [5.74, 6) is -0.521. The van der Waals surface area contributed by atoms with Gasteiger partial charge >= 0.3 is 12.0 Å². The van der Waals surface area contributed by atoms with Crippen molar-refractivity contribution < 1.29 is 14.3 Å². The number of ether oxygens (including phenoxy) is 1. The summed E-state index contributed by atoms with van der Waals surface area (Å²) in [6, 6.07) is 12.4. The van der Waals surface area contributed by atoms with Crippen LogP contribution in [0, 0.1) is 0 Å². The summed E-state index contributed by atoms with van der Waals surface area (Å²) in [6.45, 7) is 0. The number of halogens is 2. The Labute approximate surface area is 137 Å². The van der Waals surface area contributed by atoms with Gasteiger partial charge in [-0.05, 0) is 48.5 Å². The fourth-order valence-corrected chi connectivity index (χ4v) is 1.87. The number of urea groups is 1. The third kappa shape index (κ3) is 4.65. The first-order valence-corrected chi connectivity index (χ1v) is 7.16. The Morgan fingerprint density at radius 1 is 0.909 bits per heavy atom. The van der Waals surface area contributed by atoms with Crippen LogP contribution in [0.1, 0.15) is 10.4 Å². The summed E-state index contributed by atoms with van der Waals surface area (Å²) >= 11 is 11.1. The van der Waals surface area contributed by atoms with Gasteiger partial charge in [-0.15, -0.1) is 0 Å². The number of benzene rings is 2. The summed E-state index contributed by atoms with van der Waals surface area (Å²) in [7, 11) is 0. The monoisotopic (exact) mass is 338 g/mol. The number of carbonyl (C=O) groups is 2. The average molecular weight is 339 g/mol. The topological polar surface area (TPSA) is 67.4 Å². The Kier molecular flexibility index (Phi) is 5.63. The first-order chi connectivity index (χ1) is 10.6. The van der Waals surface area contributed by atoms with E-state index in [1.165, 1.54) is 12.1 Å². The largest absolute Gasteiger partial charge is 0.446 e. The maximum atomic E-state index is 11.8. The van der Waals surface area contributed by atoms with Gasteiger partial charge in [-0.3, -0.25) is 0 Å². The molecule has 2 aromatic rings. The molecular formula is C15H12Cl2N2O3. The van der Waals surface area contributed by atoms with Gasteiger partial charge in [0.15, 0.2) is 6.07 Å². The predicted octanol–water partition coefficient (Wildman–Crippen LogP) is 4.34. The molecule has 0 aromatic heterocycles. The van der Waals surface area contributed by atoms with Crippen molar-refractivity contribution in [2.45, 2.75) is 0 Å². The summed E-state index contributed by atoms with van der Waals surface area (Å²) in [4.78, 5) is 23.3. The number of anilines is 2. The van der Waals surface area contributed by atoms with E-state index in [-0.39, 0.29) is 6.07 Å². The van der Waals surface area contributed by atoms with E-state index in [4.69, 9.17) is 23.2 Å². The molecule has 0 atom stereocenters. The summed E-state index contributed by atoms with van der Waals surface area (Å²) in [5.41, 5.74) is 1.50. The van der Waals surface area contributed by atoms with Crippen LogP contribution in [0.5, 0.6) is 0 Å². The van der Waals surface area contributed by atoms with Gasteiger partial charge in [-0.1, -0.05) is 23.2 Å². The zero-order chi connectivity index (χ0) is 15.9. The van der Waals surface area contributed by atoms with Crippen LogP contribution >= 0.6 is 23.2 Å². The van der Waals surface area contributed by atoms with Gasteiger partial charge in [0.1, 0.15) is 0 Å². The minimum atomic E-state index is -0.521. The minimum absolute atomic E-state index is 0.206. The van der Waals surface area contributed by atoms with Crippen molar-refractivity contribution in [1.29, 1.82) is 0 Å². The van der Waals surface area contributed by atoms with E-state index in [1.54, 1.807) is 36.4 Å². The third-order valence-electron chi connectivity index (χ3n) is 2.67. The van der Waals surface area contributed by atoms with Crippen molar-refractivity contribution in [1.82, 2.24) is 0 Å². The van der Waals surface area contributed by atoms with E-state index in [1.807, 2.05) is 0 Å². The van der Waals surface area contributed by atoms with Crippen molar-refractivity contribution in [2.75, 3.05) is 16.7 Å². The summed E-state index contributed by atoms with van der Waals surface area (Å²) in [6.07, 6.45) is 0. The van der Waals surface area contributed by atoms with E-state index in [0.29, 0.717) is 22.0 Å². The van der Waals surface area contributed by atoms with Gasteiger partial charge in [0.2, 0.25) is 0 Å². The molecule has 114 valence electrons. The zero-order valence-corrected chi connectivity index (χ0v) is 12.8. The zero-order valence-electron chi connectivity index (χ0n) is 11.3. The molecule has 0 saturated heterocycles. The van der Waals surface area contributed by atoms with Crippen LogP contribution in [0.4, 0.5) is 16.2 Å². The van der Waals surface area contributed by atoms with Crippen molar-refractivity contribution in [3.8, 4) is 0 Å². The molecule has 0 spiro atoms. The van der Waals surface area contributed by atoms with Crippen LogP contribution in [-0.4, -0.2) is 18.1 Å². The molecule has 0 fully saturated rings. The second kappa shape index (κ2) is 7.68. The van der Waals surface area contributed by atoms with Gasteiger partial charge in [-0.2, -0.15) is 0 Å². The number of rotatable bonds is 4. The summed E-state index contributed by atoms with van der Waals surface area (Å²) in [5, 5.41) is 5.89. The smallest absolute Gasteiger partial charge is 0.339 e. The molecule has 0 radical (unpaired) electrons. The number of hydrogen-bond donors (Lipinski definition) is 2. The second-order valence-electron chi connectivity index (χ2n) is 4.20. The standard InChI is InChI=1S/C15H12Cl2N2O3/c16-9-22-14(20)10-1-5-12(6-2-10)18-15(21)19-13-7-3-11(17)4-8-13/h1-8H,9H2,(H2,18,19,21). The Hall–Kier alpha value is -2.24. The highest BCUT2D eigenvalue weighted by Gasteiger charge is 2.07. The molecule has 2 rings (SSSR count). The molecular weight excluding hydrogens is 327 g/mol. The Balaban J connectivity index is 1.94. The van der Waals surface area contributed by atoms with Crippen molar-refractivity contribution in [3.05, 3.63) is 59.1 Å². The first kappa shape index (κ1) is 16.1. The minimum Gasteiger partial charge on any atom is -0.446 e. The van der Waals surface area contributed by atoms with E-state index in [2.05, 4.69) is 15.4 Å². The number of esters is 1. The van der Waals surface area contributed by atoms with E-state index in [0.717, 1.165) is 0 Å². The van der Waals surface area contributed by atoms with Crippen molar-refractivity contribution in [2.24, 2.45) is 0 Å².